The van der Waals surface area contributed by atoms with Gasteiger partial charge in [0.1, 0.15) is 5.75 Å². The molecule has 1 fully saturated rings. The van der Waals surface area contributed by atoms with Crippen molar-refractivity contribution in [2.24, 2.45) is 16.6 Å². The molecule has 2 aromatic rings. The van der Waals surface area contributed by atoms with E-state index >= 15 is 0 Å². The zero-order valence-corrected chi connectivity index (χ0v) is 18.6. The molecular formula is C24H26F3N5O2. The second-order valence-corrected chi connectivity index (χ2v) is 8.03. The van der Waals surface area contributed by atoms with Gasteiger partial charge in [0.25, 0.3) is 5.91 Å². The number of nitrogens with two attached hydrogens (primary N) is 1. The molecule has 3 N–H and O–H groups in total. The summed E-state index contributed by atoms with van der Waals surface area (Å²) in [7, 11) is 1.52. The average Bonchev–Trinajstić information content (AvgIpc) is 2.83. The molecule has 0 bridgehead atoms. The summed E-state index contributed by atoms with van der Waals surface area (Å²) in [5.41, 5.74) is 6.49. The van der Waals surface area contributed by atoms with Crippen LogP contribution >= 0.6 is 0 Å². The Morgan fingerprint density at radius 3 is 2.35 bits per heavy atom. The van der Waals surface area contributed by atoms with Gasteiger partial charge in [-0.05, 0) is 49.3 Å². The molecule has 0 aliphatic heterocycles. The molecule has 0 radical (unpaired) electrons. The highest BCUT2D eigenvalue weighted by Crippen LogP contribution is 2.37. The minimum absolute atomic E-state index is 0.0126. The van der Waals surface area contributed by atoms with E-state index in [4.69, 9.17) is 5.73 Å². The van der Waals surface area contributed by atoms with E-state index in [9.17, 15) is 23.2 Å². The van der Waals surface area contributed by atoms with Gasteiger partial charge in [-0.25, -0.2) is 4.90 Å². The van der Waals surface area contributed by atoms with Gasteiger partial charge in [-0.2, -0.15) is 5.26 Å². The van der Waals surface area contributed by atoms with Crippen molar-refractivity contribution in [1.82, 2.24) is 10.2 Å². The Bertz CT molecular complexity index is 1040. The molecule has 34 heavy (non-hydrogen) atoms. The van der Waals surface area contributed by atoms with Gasteiger partial charge in [0.05, 0.1) is 11.6 Å². The average molecular weight is 473 g/mol. The van der Waals surface area contributed by atoms with Gasteiger partial charge in [-0.3, -0.25) is 9.79 Å². The predicted octanol–water partition coefficient (Wildman–Crippen LogP) is 4.34. The number of nitrogens with zero attached hydrogens (tertiary/aromatic N) is 3. The molecule has 1 aliphatic carbocycles. The topological polar surface area (TPSA) is 104 Å². The van der Waals surface area contributed by atoms with Crippen LogP contribution in [-0.4, -0.2) is 36.2 Å². The lowest BCUT2D eigenvalue weighted by atomic mass is 9.78. The Hall–Kier alpha value is -3.74. The second-order valence-electron chi connectivity index (χ2n) is 8.03. The predicted molar refractivity (Wildman–Crippen MR) is 121 cm³/mol. The van der Waals surface area contributed by atoms with Gasteiger partial charge in [-0.15, -0.1) is 13.2 Å². The van der Waals surface area contributed by atoms with Gasteiger partial charge in [-0.1, -0.05) is 42.5 Å². The fraction of sp³-hybridized carbons (Fsp3) is 0.375. The third kappa shape index (κ3) is 6.19. The molecular weight excluding hydrogens is 447 g/mol. The van der Waals surface area contributed by atoms with Gasteiger partial charge >= 0.3 is 6.36 Å². The third-order valence-electron chi connectivity index (χ3n) is 5.96. The Labute approximate surface area is 196 Å². The number of ether oxygens (including phenoxy) is 1. The number of para-hydroxylation sites is 1. The Morgan fingerprint density at radius 1 is 1.15 bits per heavy atom. The van der Waals surface area contributed by atoms with Gasteiger partial charge in [0.15, 0.2) is 6.19 Å². The molecule has 0 spiro atoms. The summed E-state index contributed by atoms with van der Waals surface area (Å²) < 4.78 is 42.5. The standard InChI is InChI=1S/C24H26F3N5O2/c1-30-23(29)32(15-28)18-13-11-17(12-14-18)21(16-7-3-2-4-8-16)31-22(33)19-9-5-6-10-20(19)34-24(25,26)27/h2-10,17-18,21H,11-14H2,1H3,(H2,29,30)(H,31,33). The molecule has 7 nitrogen and oxygen atoms in total. The lowest BCUT2D eigenvalue weighted by molar-refractivity contribution is -0.274. The quantitative estimate of drug-likeness (QED) is 0.281. The first-order valence-corrected chi connectivity index (χ1v) is 10.8. The summed E-state index contributed by atoms with van der Waals surface area (Å²) >= 11 is 0. The van der Waals surface area contributed by atoms with Crippen molar-refractivity contribution in [1.29, 1.82) is 5.26 Å². The highest BCUT2D eigenvalue weighted by Gasteiger charge is 2.35. The molecule has 2 aromatic carbocycles. The summed E-state index contributed by atoms with van der Waals surface area (Å²) in [6.07, 6.45) is -0.164. The zero-order valence-electron chi connectivity index (χ0n) is 18.6. The first kappa shape index (κ1) is 24.9. The van der Waals surface area contributed by atoms with Crippen LogP contribution in [0, 0.1) is 17.4 Å². The maximum atomic E-state index is 13.1. The molecule has 1 aliphatic rings. The summed E-state index contributed by atoms with van der Waals surface area (Å²) in [5.74, 6) is -1.04. The monoisotopic (exact) mass is 473 g/mol. The van der Waals surface area contributed by atoms with E-state index < -0.39 is 24.1 Å². The lowest BCUT2D eigenvalue weighted by Gasteiger charge is -2.37. The summed E-state index contributed by atoms with van der Waals surface area (Å²) in [4.78, 5) is 18.4. The minimum Gasteiger partial charge on any atom is -0.405 e. The number of carbonyl (C=O) groups excluding carboxylic acids is 1. The number of benzene rings is 2. The van der Waals surface area contributed by atoms with Crippen LogP contribution in [-0.2, 0) is 0 Å². The Kier molecular flexibility index (Phi) is 7.99. The van der Waals surface area contributed by atoms with Crippen molar-refractivity contribution >= 4 is 11.9 Å². The number of amides is 1. The van der Waals surface area contributed by atoms with Crippen molar-refractivity contribution in [2.75, 3.05) is 7.05 Å². The number of nitriles is 1. The Balaban J connectivity index is 1.81. The van der Waals surface area contributed by atoms with Crippen molar-refractivity contribution < 1.29 is 22.7 Å². The van der Waals surface area contributed by atoms with Crippen molar-refractivity contribution in [2.45, 2.75) is 44.1 Å². The van der Waals surface area contributed by atoms with E-state index in [1.165, 1.54) is 30.1 Å². The van der Waals surface area contributed by atoms with Crippen LogP contribution in [0.1, 0.15) is 47.6 Å². The smallest absolute Gasteiger partial charge is 0.405 e. The van der Waals surface area contributed by atoms with E-state index in [1.54, 1.807) is 0 Å². The number of alkyl halides is 3. The summed E-state index contributed by atoms with van der Waals surface area (Å²) in [6, 6.07) is 14.0. The van der Waals surface area contributed by atoms with Crippen LogP contribution in [0.25, 0.3) is 0 Å². The molecule has 1 atom stereocenters. The van der Waals surface area contributed by atoms with Gasteiger partial charge in [0.2, 0.25) is 5.96 Å². The Morgan fingerprint density at radius 2 is 1.76 bits per heavy atom. The maximum absolute atomic E-state index is 13.1. The molecule has 180 valence electrons. The number of hydrogen-bond donors (Lipinski definition) is 2. The molecule has 0 aromatic heterocycles. The van der Waals surface area contributed by atoms with Crippen LogP contribution in [0.15, 0.2) is 59.6 Å². The first-order chi connectivity index (χ1) is 16.2. The molecule has 0 heterocycles. The molecule has 1 amide bonds. The fourth-order valence-corrected chi connectivity index (χ4v) is 4.34. The second kappa shape index (κ2) is 10.9. The van der Waals surface area contributed by atoms with Crippen molar-refractivity contribution in [3.63, 3.8) is 0 Å². The number of rotatable bonds is 6. The highest BCUT2D eigenvalue weighted by atomic mass is 19.4. The normalized spacial score (nSPS) is 19.6. The fourth-order valence-electron chi connectivity index (χ4n) is 4.34. The number of hydrogen-bond acceptors (Lipinski definition) is 4. The summed E-state index contributed by atoms with van der Waals surface area (Å²) in [6.45, 7) is 0. The maximum Gasteiger partial charge on any atom is 0.573 e. The van der Waals surface area contributed by atoms with Crippen LogP contribution < -0.4 is 15.8 Å². The molecule has 1 saturated carbocycles. The van der Waals surface area contributed by atoms with E-state index in [1.807, 2.05) is 30.3 Å². The molecule has 10 heteroatoms. The van der Waals surface area contributed by atoms with E-state index in [-0.39, 0.29) is 23.5 Å². The van der Waals surface area contributed by atoms with Crippen LogP contribution in [0.5, 0.6) is 5.75 Å². The molecule has 3 rings (SSSR count). The largest absolute Gasteiger partial charge is 0.573 e. The number of guanidine groups is 1. The van der Waals surface area contributed by atoms with Crippen molar-refractivity contribution in [3.8, 4) is 11.9 Å². The van der Waals surface area contributed by atoms with E-state index in [2.05, 4.69) is 21.2 Å². The van der Waals surface area contributed by atoms with Crippen LogP contribution in [0.2, 0.25) is 0 Å². The van der Waals surface area contributed by atoms with E-state index in [0.29, 0.717) is 25.7 Å². The van der Waals surface area contributed by atoms with E-state index in [0.717, 1.165) is 11.6 Å². The first-order valence-electron chi connectivity index (χ1n) is 10.8. The summed E-state index contributed by atoms with van der Waals surface area (Å²) in [5, 5.41) is 12.4. The lowest BCUT2D eigenvalue weighted by Crippen LogP contribution is -2.44. The SMILES string of the molecule is CN=C(N)N(C#N)C1CCC(C(NC(=O)c2ccccc2OC(F)(F)F)c2ccccc2)CC1. The number of nitrogens with one attached hydrogen (secondary N) is 1. The van der Waals surface area contributed by atoms with Crippen molar-refractivity contribution in [3.05, 3.63) is 65.7 Å². The number of carbonyl (C=O) groups is 1. The third-order valence-corrected chi connectivity index (χ3v) is 5.96. The number of aliphatic imine (C=N–C) groups is 1. The highest BCUT2D eigenvalue weighted by molar-refractivity contribution is 5.97. The molecule has 0 saturated heterocycles. The van der Waals surface area contributed by atoms with Gasteiger partial charge < -0.3 is 15.8 Å². The minimum atomic E-state index is -4.91. The number of halogens is 3. The zero-order chi connectivity index (χ0) is 24.7. The van der Waals surface area contributed by atoms with Crippen LogP contribution in [0.4, 0.5) is 13.2 Å². The molecule has 1 unspecified atom stereocenters. The van der Waals surface area contributed by atoms with Crippen LogP contribution in [0.3, 0.4) is 0 Å². The van der Waals surface area contributed by atoms with Gasteiger partial charge in [0, 0.05) is 13.1 Å².